The molecule has 88 valence electrons. The lowest BCUT2D eigenvalue weighted by atomic mass is 9.88. The first-order chi connectivity index (χ1) is 8.79. The van der Waals surface area contributed by atoms with E-state index in [1.807, 2.05) is 60.7 Å². The molecule has 18 heavy (non-hydrogen) atoms. The number of rotatable bonds is 2. The fourth-order valence-corrected chi connectivity index (χ4v) is 2.32. The van der Waals surface area contributed by atoms with Crippen LogP contribution >= 0.6 is 0 Å². The van der Waals surface area contributed by atoms with Crippen molar-refractivity contribution in [2.24, 2.45) is 0 Å². The standard InChI is InChI=1S/C16H13NO/c1-12-15(13-8-4-2-5-9-13)17(16(12)18)14-10-6-3-7-11-14/h2-11,15H,1H2/t15-/m0/s1. The Bertz CT molecular complexity index is 534. The molecule has 0 N–H and O–H groups in total. The number of para-hydroxylation sites is 1. The molecule has 2 aromatic rings. The maximum atomic E-state index is 12.0. The van der Waals surface area contributed by atoms with E-state index in [-0.39, 0.29) is 11.9 Å². The van der Waals surface area contributed by atoms with Crippen LogP contribution in [0, 0.1) is 0 Å². The monoisotopic (exact) mass is 235 g/mol. The minimum Gasteiger partial charge on any atom is -0.297 e. The SMILES string of the molecule is C=C1C(=O)N(c2ccccc2)[C@@H]1c1ccccc1. The lowest BCUT2D eigenvalue weighted by Crippen LogP contribution is -2.48. The lowest BCUT2D eigenvalue weighted by molar-refractivity contribution is -0.118. The first kappa shape index (κ1) is 10.8. The van der Waals surface area contributed by atoms with Gasteiger partial charge in [-0.1, -0.05) is 55.1 Å². The van der Waals surface area contributed by atoms with Crippen LogP contribution in [0.15, 0.2) is 72.8 Å². The molecule has 0 bridgehead atoms. The zero-order valence-electron chi connectivity index (χ0n) is 9.91. The quantitative estimate of drug-likeness (QED) is 0.577. The predicted octanol–water partition coefficient (Wildman–Crippen LogP) is 3.33. The van der Waals surface area contributed by atoms with Crippen LogP contribution in [0.5, 0.6) is 0 Å². The Balaban J connectivity index is 2.00. The van der Waals surface area contributed by atoms with Crippen LogP contribution < -0.4 is 4.90 Å². The first-order valence-corrected chi connectivity index (χ1v) is 5.91. The summed E-state index contributed by atoms with van der Waals surface area (Å²) in [7, 11) is 0. The summed E-state index contributed by atoms with van der Waals surface area (Å²) in [6.07, 6.45) is 0. The summed E-state index contributed by atoms with van der Waals surface area (Å²) in [5.74, 6) is 0.00931. The van der Waals surface area contributed by atoms with Crippen molar-refractivity contribution in [1.82, 2.24) is 0 Å². The molecule has 1 aliphatic rings. The zero-order valence-corrected chi connectivity index (χ0v) is 9.91. The van der Waals surface area contributed by atoms with Crippen LogP contribution in [0.1, 0.15) is 11.6 Å². The molecule has 3 rings (SSSR count). The molecule has 0 aliphatic carbocycles. The summed E-state index contributed by atoms with van der Waals surface area (Å²) in [4.78, 5) is 13.8. The van der Waals surface area contributed by atoms with Crippen LogP contribution in [-0.2, 0) is 4.79 Å². The van der Waals surface area contributed by atoms with Crippen LogP contribution in [0.2, 0.25) is 0 Å². The first-order valence-electron chi connectivity index (χ1n) is 5.91. The molecule has 1 saturated heterocycles. The third-order valence-electron chi connectivity index (χ3n) is 3.23. The Morgan fingerprint density at radius 3 is 2.06 bits per heavy atom. The molecule has 0 spiro atoms. The number of nitrogens with zero attached hydrogens (tertiary/aromatic N) is 1. The normalized spacial score (nSPS) is 18.7. The minimum atomic E-state index is -0.0268. The molecule has 2 heteroatoms. The van der Waals surface area contributed by atoms with E-state index in [0.717, 1.165) is 11.3 Å². The van der Waals surface area contributed by atoms with Gasteiger partial charge in [-0.05, 0) is 17.7 Å². The summed E-state index contributed by atoms with van der Waals surface area (Å²) < 4.78 is 0. The van der Waals surface area contributed by atoms with E-state index in [4.69, 9.17) is 0 Å². The van der Waals surface area contributed by atoms with Gasteiger partial charge in [0.25, 0.3) is 5.91 Å². The maximum absolute atomic E-state index is 12.0. The molecular formula is C16H13NO. The lowest BCUT2D eigenvalue weighted by Gasteiger charge is -2.42. The Morgan fingerprint density at radius 2 is 1.44 bits per heavy atom. The smallest absolute Gasteiger partial charge is 0.256 e. The highest BCUT2D eigenvalue weighted by molar-refractivity contribution is 6.14. The zero-order chi connectivity index (χ0) is 12.5. The van der Waals surface area contributed by atoms with Crippen LogP contribution in [0.4, 0.5) is 5.69 Å². The second-order valence-corrected chi connectivity index (χ2v) is 4.35. The Kier molecular flexibility index (Phi) is 2.49. The van der Waals surface area contributed by atoms with E-state index in [1.54, 1.807) is 4.90 Å². The van der Waals surface area contributed by atoms with E-state index < -0.39 is 0 Å². The van der Waals surface area contributed by atoms with E-state index in [1.165, 1.54) is 0 Å². The molecule has 0 unspecified atom stereocenters. The number of anilines is 1. The van der Waals surface area contributed by atoms with Gasteiger partial charge in [-0.15, -0.1) is 0 Å². The van der Waals surface area contributed by atoms with Crippen molar-refractivity contribution in [3.63, 3.8) is 0 Å². The van der Waals surface area contributed by atoms with Gasteiger partial charge < -0.3 is 0 Å². The number of hydrogen-bond donors (Lipinski definition) is 0. The van der Waals surface area contributed by atoms with Gasteiger partial charge in [0.15, 0.2) is 0 Å². The number of β-lactam (4-membered cyclic amide) rings is 1. The summed E-state index contributed by atoms with van der Waals surface area (Å²) in [5, 5.41) is 0. The van der Waals surface area contributed by atoms with Crippen molar-refractivity contribution < 1.29 is 4.79 Å². The van der Waals surface area contributed by atoms with Crippen molar-refractivity contribution in [2.45, 2.75) is 6.04 Å². The Labute approximate surface area is 106 Å². The van der Waals surface area contributed by atoms with Crippen molar-refractivity contribution in [3.8, 4) is 0 Å². The number of amides is 1. The molecule has 1 aliphatic heterocycles. The average molecular weight is 235 g/mol. The van der Waals surface area contributed by atoms with Gasteiger partial charge >= 0.3 is 0 Å². The topological polar surface area (TPSA) is 20.3 Å². The molecule has 0 saturated carbocycles. The van der Waals surface area contributed by atoms with Crippen molar-refractivity contribution in [1.29, 1.82) is 0 Å². The van der Waals surface area contributed by atoms with E-state index >= 15 is 0 Å². The third-order valence-corrected chi connectivity index (χ3v) is 3.23. The highest BCUT2D eigenvalue weighted by Gasteiger charge is 2.42. The van der Waals surface area contributed by atoms with Gasteiger partial charge in [-0.3, -0.25) is 9.69 Å². The largest absolute Gasteiger partial charge is 0.297 e. The fourth-order valence-electron chi connectivity index (χ4n) is 2.32. The van der Waals surface area contributed by atoms with Crippen molar-refractivity contribution in [2.75, 3.05) is 4.90 Å². The molecular weight excluding hydrogens is 222 g/mol. The summed E-state index contributed by atoms with van der Waals surface area (Å²) in [5.41, 5.74) is 2.68. The summed E-state index contributed by atoms with van der Waals surface area (Å²) in [6, 6.07) is 19.7. The Hall–Kier alpha value is -2.35. The molecule has 1 fully saturated rings. The van der Waals surface area contributed by atoms with E-state index in [0.29, 0.717) is 5.57 Å². The molecule has 0 radical (unpaired) electrons. The van der Waals surface area contributed by atoms with Gasteiger partial charge in [0.1, 0.15) is 0 Å². The predicted molar refractivity (Wildman–Crippen MR) is 72.3 cm³/mol. The summed E-state index contributed by atoms with van der Waals surface area (Å²) >= 11 is 0. The van der Waals surface area contributed by atoms with E-state index in [9.17, 15) is 4.79 Å². The van der Waals surface area contributed by atoms with Gasteiger partial charge in [0, 0.05) is 11.3 Å². The number of benzene rings is 2. The van der Waals surface area contributed by atoms with Gasteiger partial charge in [0.05, 0.1) is 6.04 Å². The fraction of sp³-hybridized carbons (Fsp3) is 0.0625. The van der Waals surface area contributed by atoms with Crippen molar-refractivity contribution in [3.05, 3.63) is 78.4 Å². The molecule has 2 aromatic carbocycles. The van der Waals surface area contributed by atoms with E-state index in [2.05, 4.69) is 6.58 Å². The molecule has 1 atom stereocenters. The Morgan fingerprint density at radius 1 is 0.889 bits per heavy atom. The molecule has 0 aromatic heterocycles. The van der Waals surface area contributed by atoms with Gasteiger partial charge in [0.2, 0.25) is 0 Å². The number of carbonyl (C=O) groups is 1. The van der Waals surface area contributed by atoms with Crippen LogP contribution in [0.3, 0.4) is 0 Å². The van der Waals surface area contributed by atoms with Gasteiger partial charge in [-0.25, -0.2) is 0 Å². The third kappa shape index (κ3) is 1.54. The number of carbonyl (C=O) groups excluding carboxylic acids is 1. The molecule has 1 heterocycles. The van der Waals surface area contributed by atoms with Gasteiger partial charge in [-0.2, -0.15) is 0 Å². The average Bonchev–Trinajstić information content (AvgIpc) is 2.45. The summed E-state index contributed by atoms with van der Waals surface area (Å²) in [6.45, 7) is 3.88. The van der Waals surface area contributed by atoms with Crippen molar-refractivity contribution >= 4 is 11.6 Å². The maximum Gasteiger partial charge on any atom is 0.256 e. The minimum absolute atomic E-state index is 0.00931. The molecule has 2 nitrogen and oxygen atoms in total. The second-order valence-electron chi connectivity index (χ2n) is 4.35. The highest BCUT2D eigenvalue weighted by atomic mass is 16.2. The second kappa shape index (κ2) is 4.15. The van der Waals surface area contributed by atoms with Crippen LogP contribution in [0.25, 0.3) is 0 Å². The molecule has 1 amide bonds. The van der Waals surface area contributed by atoms with Crippen LogP contribution in [-0.4, -0.2) is 5.91 Å². The highest BCUT2D eigenvalue weighted by Crippen LogP contribution is 2.41. The number of hydrogen-bond acceptors (Lipinski definition) is 1.